The smallest absolute Gasteiger partial charge is 0.239 e. The molecule has 0 saturated heterocycles. The van der Waals surface area contributed by atoms with Gasteiger partial charge in [-0.1, -0.05) is 18.2 Å². The highest BCUT2D eigenvalue weighted by Crippen LogP contribution is 2.30. The number of amides is 1. The van der Waals surface area contributed by atoms with Crippen LogP contribution in [0.5, 0.6) is 5.75 Å². The zero-order valence-corrected chi connectivity index (χ0v) is 18.4. The number of hydrogen-bond acceptors (Lipinski definition) is 3. The van der Waals surface area contributed by atoms with Crippen molar-refractivity contribution in [3.05, 3.63) is 29.8 Å². The van der Waals surface area contributed by atoms with Gasteiger partial charge in [0.2, 0.25) is 5.91 Å². The number of hydrogen-bond donors (Lipinski definition) is 3. The van der Waals surface area contributed by atoms with Crippen LogP contribution in [0.15, 0.2) is 29.3 Å². The van der Waals surface area contributed by atoms with E-state index in [9.17, 15) is 4.79 Å². The van der Waals surface area contributed by atoms with Crippen LogP contribution in [0.1, 0.15) is 39.2 Å². The molecule has 1 amide bonds. The van der Waals surface area contributed by atoms with Crippen molar-refractivity contribution in [3.8, 4) is 5.75 Å². The van der Waals surface area contributed by atoms with E-state index < -0.39 is 0 Å². The van der Waals surface area contributed by atoms with Gasteiger partial charge in [-0.25, -0.2) is 0 Å². The molecule has 0 radical (unpaired) electrons. The van der Waals surface area contributed by atoms with Gasteiger partial charge in [0.05, 0.1) is 13.2 Å². The minimum absolute atomic E-state index is 0. The molecule has 7 heteroatoms. The van der Waals surface area contributed by atoms with Gasteiger partial charge in [-0.15, -0.1) is 24.0 Å². The number of halogens is 1. The first-order valence-corrected chi connectivity index (χ1v) is 8.83. The number of para-hydroxylation sites is 1. The maximum atomic E-state index is 11.9. The quantitative estimate of drug-likeness (QED) is 0.323. The second-order valence-electron chi connectivity index (χ2n) is 7.44. The van der Waals surface area contributed by atoms with Crippen LogP contribution in [0.25, 0.3) is 0 Å². The van der Waals surface area contributed by atoms with E-state index in [0.29, 0.717) is 12.5 Å². The summed E-state index contributed by atoms with van der Waals surface area (Å²) in [6, 6.07) is 8.00. The van der Waals surface area contributed by atoms with E-state index in [0.717, 1.165) is 23.8 Å². The van der Waals surface area contributed by atoms with Crippen molar-refractivity contribution in [2.45, 2.75) is 45.7 Å². The Balaban J connectivity index is 0.00000338. The molecule has 0 aliphatic heterocycles. The molecule has 0 aromatic heterocycles. The summed E-state index contributed by atoms with van der Waals surface area (Å²) in [5.74, 6) is 2.14. The average Bonchev–Trinajstić information content (AvgIpc) is 3.36. The number of benzene rings is 1. The number of nitrogens with one attached hydrogen (secondary N) is 3. The average molecular weight is 474 g/mol. The van der Waals surface area contributed by atoms with E-state index in [1.807, 2.05) is 45.0 Å². The lowest BCUT2D eigenvalue weighted by molar-refractivity contribution is -0.121. The number of nitrogens with zero attached hydrogens (tertiary/aromatic N) is 1. The number of rotatable bonds is 7. The summed E-state index contributed by atoms with van der Waals surface area (Å²) in [7, 11) is 1.69. The highest BCUT2D eigenvalue weighted by atomic mass is 127. The van der Waals surface area contributed by atoms with E-state index in [4.69, 9.17) is 4.74 Å². The van der Waals surface area contributed by atoms with Gasteiger partial charge in [0.1, 0.15) is 5.75 Å². The molecule has 26 heavy (non-hydrogen) atoms. The van der Waals surface area contributed by atoms with E-state index in [2.05, 4.69) is 20.9 Å². The largest absolute Gasteiger partial charge is 0.493 e. The minimum Gasteiger partial charge on any atom is -0.493 e. The molecule has 1 saturated carbocycles. The van der Waals surface area contributed by atoms with Gasteiger partial charge in [-0.05, 0) is 45.6 Å². The number of aliphatic imine (C=N–C) groups is 1. The summed E-state index contributed by atoms with van der Waals surface area (Å²) in [6.07, 6.45) is 2.54. The van der Waals surface area contributed by atoms with Gasteiger partial charge in [0.25, 0.3) is 0 Å². The molecule has 0 heterocycles. The van der Waals surface area contributed by atoms with Crippen LogP contribution >= 0.6 is 24.0 Å². The second-order valence-corrected chi connectivity index (χ2v) is 7.44. The third kappa shape index (κ3) is 8.73. The third-order valence-electron chi connectivity index (χ3n) is 3.74. The van der Waals surface area contributed by atoms with Crippen LogP contribution in [-0.2, 0) is 11.3 Å². The van der Waals surface area contributed by atoms with E-state index in [1.165, 1.54) is 12.8 Å². The molecule has 1 aromatic carbocycles. The summed E-state index contributed by atoms with van der Waals surface area (Å²) < 4.78 is 5.92. The molecule has 1 aliphatic carbocycles. The van der Waals surface area contributed by atoms with Gasteiger partial charge < -0.3 is 20.7 Å². The lowest BCUT2D eigenvalue weighted by Gasteiger charge is -2.21. The normalized spacial score (nSPS) is 14.2. The van der Waals surface area contributed by atoms with Crippen LogP contribution in [0.3, 0.4) is 0 Å². The van der Waals surface area contributed by atoms with E-state index in [1.54, 1.807) is 7.05 Å². The molecule has 1 aliphatic rings. The first-order chi connectivity index (χ1) is 11.9. The Labute approximate surface area is 173 Å². The molecule has 6 nitrogen and oxygen atoms in total. The van der Waals surface area contributed by atoms with Crippen molar-refractivity contribution in [1.82, 2.24) is 16.0 Å². The van der Waals surface area contributed by atoms with Crippen LogP contribution < -0.4 is 20.7 Å². The molecule has 0 atom stereocenters. The van der Waals surface area contributed by atoms with Gasteiger partial charge in [-0.3, -0.25) is 9.79 Å². The third-order valence-corrected chi connectivity index (χ3v) is 3.74. The SMILES string of the molecule is CN=C(NCC(=O)NC(C)(C)C)NCc1ccccc1OCC1CC1.I. The van der Waals surface area contributed by atoms with Gasteiger partial charge in [0, 0.05) is 24.7 Å². The Morgan fingerprint density at radius 1 is 1.23 bits per heavy atom. The van der Waals surface area contributed by atoms with E-state index in [-0.39, 0.29) is 42.0 Å². The fourth-order valence-corrected chi connectivity index (χ4v) is 2.31. The van der Waals surface area contributed by atoms with Crippen molar-refractivity contribution in [2.24, 2.45) is 10.9 Å². The summed E-state index contributed by atoms with van der Waals surface area (Å²) in [5.41, 5.74) is 0.832. The zero-order valence-electron chi connectivity index (χ0n) is 16.1. The molecular weight excluding hydrogens is 443 g/mol. The molecule has 2 rings (SSSR count). The maximum absolute atomic E-state index is 11.9. The minimum atomic E-state index is -0.243. The molecular formula is C19H31IN4O2. The number of ether oxygens (including phenoxy) is 1. The second kappa shape index (κ2) is 10.6. The summed E-state index contributed by atoms with van der Waals surface area (Å²) in [5, 5.41) is 9.16. The van der Waals surface area contributed by atoms with Gasteiger partial charge in [0.15, 0.2) is 5.96 Å². The number of carbonyl (C=O) groups excluding carboxylic acids is 1. The van der Waals surface area contributed by atoms with Crippen molar-refractivity contribution < 1.29 is 9.53 Å². The summed E-state index contributed by atoms with van der Waals surface area (Å²) in [4.78, 5) is 16.0. The Morgan fingerprint density at radius 3 is 2.54 bits per heavy atom. The standard InChI is InChI=1S/C19H30N4O2.HI/c1-19(2,3)23-17(24)12-22-18(20-4)21-11-15-7-5-6-8-16(15)25-13-14-9-10-14;/h5-8,14H,9-13H2,1-4H3,(H,23,24)(H2,20,21,22);1H. The fraction of sp³-hybridized carbons (Fsp3) is 0.579. The molecule has 1 aromatic rings. The first kappa shape index (κ1) is 22.5. The maximum Gasteiger partial charge on any atom is 0.239 e. The van der Waals surface area contributed by atoms with Gasteiger partial charge in [-0.2, -0.15) is 0 Å². The van der Waals surface area contributed by atoms with Crippen molar-refractivity contribution >= 4 is 35.8 Å². The Kier molecular flexibility index (Phi) is 9.18. The predicted octanol–water partition coefficient (Wildman–Crippen LogP) is 2.67. The highest BCUT2D eigenvalue weighted by Gasteiger charge is 2.22. The number of carbonyl (C=O) groups is 1. The van der Waals surface area contributed by atoms with Crippen molar-refractivity contribution in [3.63, 3.8) is 0 Å². The van der Waals surface area contributed by atoms with Crippen molar-refractivity contribution in [2.75, 3.05) is 20.2 Å². The summed E-state index contributed by atoms with van der Waals surface area (Å²) >= 11 is 0. The Hall–Kier alpha value is -1.51. The van der Waals surface area contributed by atoms with Crippen LogP contribution in [0.2, 0.25) is 0 Å². The van der Waals surface area contributed by atoms with Gasteiger partial charge >= 0.3 is 0 Å². The zero-order chi connectivity index (χ0) is 18.3. The van der Waals surface area contributed by atoms with Crippen LogP contribution in [0.4, 0.5) is 0 Å². The first-order valence-electron chi connectivity index (χ1n) is 8.83. The monoisotopic (exact) mass is 474 g/mol. The van der Waals surface area contributed by atoms with Crippen LogP contribution in [0, 0.1) is 5.92 Å². The molecule has 1 fully saturated rings. The number of guanidine groups is 1. The van der Waals surface area contributed by atoms with Crippen molar-refractivity contribution in [1.29, 1.82) is 0 Å². The molecule has 146 valence electrons. The van der Waals surface area contributed by atoms with Crippen LogP contribution in [-0.4, -0.2) is 37.6 Å². The topological polar surface area (TPSA) is 74.8 Å². The molecule has 0 unspecified atom stereocenters. The highest BCUT2D eigenvalue weighted by molar-refractivity contribution is 14.0. The Morgan fingerprint density at radius 2 is 1.92 bits per heavy atom. The molecule has 3 N–H and O–H groups in total. The van der Waals surface area contributed by atoms with E-state index >= 15 is 0 Å². The lowest BCUT2D eigenvalue weighted by atomic mass is 10.1. The molecule has 0 spiro atoms. The molecule has 0 bridgehead atoms. The summed E-state index contributed by atoms with van der Waals surface area (Å²) in [6.45, 7) is 7.42. The predicted molar refractivity (Wildman–Crippen MR) is 116 cm³/mol. The fourth-order valence-electron chi connectivity index (χ4n) is 2.31. The Bertz CT molecular complexity index is 610. The lowest BCUT2D eigenvalue weighted by Crippen LogP contribution is -2.48.